The molecule has 144 valence electrons. The number of nitrogens with zero attached hydrogens (tertiary/aromatic N) is 1. The smallest absolute Gasteiger partial charge is 0.239 e. The molecule has 0 fully saturated rings. The number of fused-ring (bicyclic) bond motifs is 1. The fourth-order valence-corrected chi connectivity index (χ4v) is 4.42. The van der Waals surface area contributed by atoms with Gasteiger partial charge in [-0.25, -0.2) is 0 Å². The van der Waals surface area contributed by atoms with E-state index >= 15 is 0 Å². The topological polar surface area (TPSA) is 50.8 Å². The van der Waals surface area contributed by atoms with Crippen molar-refractivity contribution in [1.29, 1.82) is 0 Å². The highest BCUT2D eigenvalue weighted by Crippen LogP contribution is 2.39. The summed E-state index contributed by atoms with van der Waals surface area (Å²) in [4.78, 5) is 16.0. The molecule has 2 aromatic rings. The molecule has 0 saturated carbocycles. The summed E-state index contributed by atoms with van der Waals surface area (Å²) in [6.45, 7) is 3.86. The van der Waals surface area contributed by atoms with Gasteiger partial charge in [-0.05, 0) is 30.7 Å². The number of thioether (sulfide) groups is 1. The SMILES string of the molecule is CC[C@@H]1CN(CC(=O)NCc2ccc(OC)cc2OC)c2ccccc2S1. The monoisotopic (exact) mass is 386 g/mol. The lowest BCUT2D eigenvalue weighted by Gasteiger charge is -2.34. The van der Waals surface area contributed by atoms with Gasteiger partial charge in [0.25, 0.3) is 0 Å². The van der Waals surface area contributed by atoms with Gasteiger partial charge >= 0.3 is 0 Å². The van der Waals surface area contributed by atoms with E-state index in [1.807, 2.05) is 36.0 Å². The van der Waals surface area contributed by atoms with Gasteiger partial charge in [-0.15, -0.1) is 11.8 Å². The summed E-state index contributed by atoms with van der Waals surface area (Å²) in [5.74, 6) is 1.44. The van der Waals surface area contributed by atoms with Crippen molar-refractivity contribution in [2.24, 2.45) is 0 Å². The third kappa shape index (κ3) is 4.69. The minimum absolute atomic E-state index is 0.00410. The van der Waals surface area contributed by atoms with Crippen LogP contribution >= 0.6 is 11.8 Å². The summed E-state index contributed by atoms with van der Waals surface area (Å²) in [5.41, 5.74) is 2.07. The number of carbonyl (C=O) groups excluding carboxylic acids is 1. The number of carbonyl (C=O) groups is 1. The summed E-state index contributed by atoms with van der Waals surface area (Å²) < 4.78 is 10.6. The molecule has 1 aliphatic rings. The molecule has 1 amide bonds. The van der Waals surface area contributed by atoms with Gasteiger partial charge in [0, 0.05) is 34.9 Å². The van der Waals surface area contributed by atoms with E-state index in [0.717, 1.165) is 30.0 Å². The molecular formula is C21H26N2O3S. The average molecular weight is 387 g/mol. The largest absolute Gasteiger partial charge is 0.497 e. The number of hydrogen-bond acceptors (Lipinski definition) is 5. The third-order valence-corrected chi connectivity index (χ3v) is 6.10. The number of para-hydroxylation sites is 1. The molecule has 1 aliphatic heterocycles. The maximum Gasteiger partial charge on any atom is 0.239 e. The van der Waals surface area contributed by atoms with E-state index in [9.17, 15) is 4.79 Å². The number of hydrogen-bond donors (Lipinski definition) is 1. The summed E-state index contributed by atoms with van der Waals surface area (Å²) in [7, 11) is 3.24. The van der Waals surface area contributed by atoms with Crippen LogP contribution in [0.3, 0.4) is 0 Å². The first kappa shape index (κ1) is 19.4. The Kier molecular flexibility index (Phi) is 6.50. The van der Waals surface area contributed by atoms with Crippen LogP contribution in [0, 0.1) is 0 Å². The van der Waals surface area contributed by atoms with E-state index in [2.05, 4.69) is 35.3 Å². The van der Waals surface area contributed by atoms with E-state index in [1.165, 1.54) is 4.90 Å². The number of amides is 1. The first-order valence-electron chi connectivity index (χ1n) is 9.12. The van der Waals surface area contributed by atoms with E-state index < -0.39 is 0 Å². The molecule has 0 radical (unpaired) electrons. The van der Waals surface area contributed by atoms with Gasteiger partial charge in [-0.2, -0.15) is 0 Å². The van der Waals surface area contributed by atoms with Gasteiger partial charge in [0.2, 0.25) is 5.91 Å². The Morgan fingerprint density at radius 1 is 1.22 bits per heavy atom. The Hall–Kier alpha value is -2.34. The van der Waals surface area contributed by atoms with Crippen molar-refractivity contribution in [3.05, 3.63) is 48.0 Å². The minimum atomic E-state index is 0.00410. The molecule has 1 atom stereocenters. The first-order chi connectivity index (χ1) is 13.1. The summed E-state index contributed by atoms with van der Waals surface area (Å²) >= 11 is 1.90. The first-order valence-corrected chi connectivity index (χ1v) is 10.0. The zero-order valence-electron chi connectivity index (χ0n) is 16.0. The van der Waals surface area contributed by atoms with Crippen molar-refractivity contribution in [2.75, 3.05) is 32.2 Å². The zero-order valence-corrected chi connectivity index (χ0v) is 16.8. The van der Waals surface area contributed by atoms with Gasteiger partial charge in [-0.1, -0.05) is 19.1 Å². The van der Waals surface area contributed by atoms with Crippen LogP contribution in [0.15, 0.2) is 47.4 Å². The van der Waals surface area contributed by atoms with Crippen LogP contribution in [0.2, 0.25) is 0 Å². The molecule has 27 heavy (non-hydrogen) atoms. The maximum absolute atomic E-state index is 12.6. The van der Waals surface area contributed by atoms with E-state index in [0.29, 0.717) is 24.1 Å². The highest BCUT2D eigenvalue weighted by atomic mass is 32.2. The van der Waals surface area contributed by atoms with E-state index in [1.54, 1.807) is 14.2 Å². The van der Waals surface area contributed by atoms with Crippen molar-refractivity contribution >= 4 is 23.4 Å². The van der Waals surface area contributed by atoms with Crippen LogP contribution in [-0.2, 0) is 11.3 Å². The molecule has 2 aromatic carbocycles. The molecule has 6 heteroatoms. The van der Waals surface area contributed by atoms with Crippen LogP contribution in [0.4, 0.5) is 5.69 Å². The quantitative estimate of drug-likeness (QED) is 0.786. The number of benzene rings is 2. The molecule has 5 nitrogen and oxygen atoms in total. The average Bonchev–Trinajstić information content (AvgIpc) is 2.71. The van der Waals surface area contributed by atoms with Crippen molar-refractivity contribution in [3.8, 4) is 11.5 Å². The van der Waals surface area contributed by atoms with Gasteiger partial charge in [-0.3, -0.25) is 4.79 Å². The predicted molar refractivity (Wildman–Crippen MR) is 110 cm³/mol. The van der Waals surface area contributed by atoms with Crippen molar-refractivity contribution in [2.45, 2.75) is 30.0 Å². The molecule has 1 N–H and O–H groups in total. The van der Waals surface area contributed by atoms with Crippen LogP contribution in [0.5, 0.6) is 11.5 Å². The Balaban J connectivity index is 1.64. The second-order valence-electron chi connectivity index (χ2n) is 6.45. The lowest BCUT2D eigenvalue weighted by Crippen LogP contribution is -2.42. The second kappa shape index (κ2) is 9.04. The van der Waals surface area contributed by atoms with Gasteiger partial charge in [0.15, 0.2) is 0 Å². The minimum Gasteiger partial charge on any atom is -0.497 e. The molecule has 0 unspecified atom stereocenters. The van der Waals surface area contributed by atoms with E-state index in [-0.39, 0.29) is 5.91 Å². The predicted octanol–water partition coefficient (Wildman–Crippen LogP) is 3.71. The Labute approximate surface area is 165 Å². The molecule has 1 heterocycles. The fourth-order valence-electron chi connectivity index (χ4n) is 3.16. The van der Waals surface area contributed by atoms with Gasteiger partial charge in [0.1, 0.15) is 11.5 Å². The number of methoxy groups -OCH3 is 2. The number of anilines is 1. The van der Waals surface area contributed by atoms with Crippen molar-refractivity contribution < 1.29 is 14.3 Å². The zero-order chi connectivity index (χ0) is 19.2. The van der Waals surface area contributed by atoms with E-state index in [4.69, 9.17) is 9.47 Å². The number of nitrogens with one attached hydrogen (secondary N) is 1. The maximum atomic E-state index is 12.6. The second-order valence-corrected chi connectivity index (χ2v) is 7.79. The van der Waals surface area contributed by atoms with Crippen LogP contribution in [0.1, 0.15) is 18.9 Å². The molecule has 0 spiro atoms. The normalized spacial score (nSPS) is 15.8. The van der Waals surface area contributed by atoms with Crippen molar-refractivity contribution in [1.82, 2.24) is 5.32 Å². The summed E-state index contributed by atoms with van der Waals surface area (Å²) in [6.07, 6.45) is 1.08. The molecule has 0 aliphatic carbocycles. The Morgan fingerprint density at radius 3 is 2.78 bits per heavy atom. The summed E-state index contributed by atoms with van der Waals surface area (Å²) in [5, 5.41) is 3.52. The number of rotatable bonds is 7. The number of ether oxygens (including phenoxy) is 2. The molecule has 0 saturated heterocycles. The van der Waals surface area contributed by atoms with Gasteiger partial charge in [0.05, 0.1) is 26.5 Å². The lowest BCUT2D eigenvalue weighted by molar-refractivity contribution is -0.119. The van der Waals surface area contributed by atoms with Gasteiger partial charge < -0.3 is 19.7 Å². The summed E-state index contributed by atoms with van der Waals surface area (Å²) in [6, 6.07) is 13.9. The van der Waals surface area contributed by atoms with Crippen LogP contribution in [0.25, 0.3) is 0 Å². The van der Waals surface area contributed by atoms with Crippen LogP contribution in [-0.4, -0.2) is 38.5 Å². The Morgan fingerprint density at radius 2 is 2.04 bits per heavy atom. The highest BCUT2D eigenvalue weighted by Gasteiger charge is 2.25. The fraction of sp³-hybridized carbons (Fsp3) is 0.381. The highest BCUT2D eigenvalue weighted by molar-refractivity contribution is 8.00. The Bertz CT molecular complexity index is 797. The molecular weight excluding hydrogens is 360 g/mol. The molecule has 0 aromatic heterocycles. The lowest BCUT2D eigenvalue weighted by atomic mass is 10.2. The standard InChI is InChI=1S/C21H26N2O3S/c1-4-17-13-23(18-7-5-6-8-20(18)27-17)14-21(24)22-12-15-9-10-16(25-2)11-19(15)26-3/h5-11,17H,4,12-14H2,1-3H3,(H,22,24)/t17-/m1/s1. The third-order valence-electron chi connectivity index (χ3n) is 4.68. The van der Waals surface area contributed by atoms with Crippen LogP contribution < -0.4 is 19.7 Å². The molecule has 3 rings (SSSR count). The van der Waals surface area contributed by atoms with Crippen molar-refractivity contribution in [3.63, 3.8) is 0 Å². The molecule has 0 bridgehead atoms.